The molecule has 0 rings (SSSR count). The van der Waals surface area contributed by atoms with Crippen LogP contribution in [0.2, 0.25) is 6.04 Å². The van der Waals surface area contributed by atoms with Crippen LogP contribution in [0.25, 0.3) is 0 Å². The minimum absolute atomic E-state index is 0.970. The lowest BCUT2D eigenvalue weighted by Crippen LogP contribution is -1.95. The van der Waals surface area contributed by atoms with Gasteiger partial charge in [0.15, 0.2) is 0 Å². The van der Waals surface area contributed by atoms with Crippen molar-refractivity contribution in [1.82, 2.24) is 0 Å². The molecule has 9 heavy (non-hydrogen) atoms. The Morgan fingerprint density at radius 1 is 1.22 bits per heavy atom. The first-order valence-electron chi connectivity index (χ1n) is 3.99. The summed E-state index contributed by atoms with van der Waals surface area (Å²) in [4.78, 5) is 0. The van der Waals surface area contributed by atoms with Crippen LogP contribution in [0.15, 0.2) is 0 Å². The average molecular weight is 146 g/mol. The van der Waals surface area contributed by atoms with Crippen LogP contribution in [0, 0.1) is 0 Å². The molecule has 0 heterocycles. The van der Waals surface area contributed by atoms with Crippen LogP contribution in [0.4, 0.5) is 0 Å². The molecule has 0 unspecified atom stereocenters. The number of ether oxygens (including phenoxy) is 1. The minimum atomic E-state index is 0.970. The van der Waals surface area contributed by atoms with E-state index in [1.165, 1.54) is 35.5 Å². The van der Waals surface area contributed by atoms with Gasteiger partial charge in [-0.2, -0.15) is 0 Å². The second-order valence-electron chi connectivity index (χ2n) is 2.32. The predicted octanol–water partition coefficient (Wildman–Crippen LogP) is 0.977. The molecule has 0 radical (unpaired) electrons. The van der Waals surface area contributed by atoms with Crippen molar-refractivity contribution >= 4 is 10.2 Å². The van der Waals surface area contributed by atoms with E-state index in [2.05, 4.69) is 6.92 Å². The van der Waals surface area contributed by atoms with Gasteiger partial charge in [-0.3, -0.25) is 0 Å². The van der Waals surface area contributed by atoms with Crippen LogP contribution in [0.5, 0.6) is 0 Å². The fraction of sp³-hybridized carbons (Fsp3) is 1.00. The Bertz CT molecular complexity index is 42.2. The summed E-state index contributed by atoms with van der Waals surface area (Å²) in [6.45, 7) is 4.15. The lowest BCUT2D eigenvalue weighted by molar-refractivity contribution is 0.132. The first-order valence-corrected chi connectivity index (χ1v) is 5.41. The first kappa shape index (κ1) is 9.18. The molecule has 0 saturated heterocycles. The third kappa shape index (κ3) is 8.18. The van der Waals surface area contributed by atoms with Crippen molar-refractivity contribution in [3.63, 3.8) is 0 Å². The Hall–Kier alpha value is 0.177. The molecular formula is C7H18OSi. The summed E-state index contributed by atoms with van der Waals surface area (Å²) in [6.07, 6.45) is 3.75. The van der Waals surface area contributed by atoms with Crippen molar-refractivity contribution in [3.8, 4) is 0 Å². The van der Waals surface area contributed by atoms with E-state index in [0.717, 1.165) is 13.2 Å². The fourth-order valence-corrected chi connectivity index (χ4v) is 0.884. The molecule has 0 aromatic heterocycles. The summed E-state index contributed by atoms with van der Waals surface area (Å²) < 4.78 is 5.34. The van der Waals surface area contributed by atoms with Gasteiger partial charge in [-0.05, 0) is 12.8 Å². The van der Waals surface area contributed by atoms with E-state index < -0.39 is 0 Å². The van der Waals surface area contributed by atoms with E-state index in [0.29, 0.717) is 0 Å². The molecule has 0 bridgehead atoms. The third-order valence-corrected chi connectivity index (χ3v) is 1.99. The van der Waals surface area contributed by atoms with E-state index in [-0.39, 0.29) is 0 Å². The van der Waals surface area contributed by atoms with Crippen LogP contribution in [-0.2, 0) is 4.74 Å². The maximum absolute atomic E-state index is 5.34. The van der Waals surface area contributed by atoms with Gasteiger partial charge in [-0.25, -0.2) is 0 Å². The van der Waals surface area contributed by atoms with Crippen molar-refractivity contribution in [2.24, 2.45) is 0 Å². The lowest BCUT2D eigenvalue weighted by Gasteiger charge is -1.99. The van der Waals surface area contributed by atoms with E-state index in [4.69, 9.17) is 4.74 Å². The number of rotatable bonds is 6. The van der Waals surface area contributed by atoms with Crippen molar-refractivity contribution < 1.29 is 4.74 Å². The van der Waals surface area contributed by atoms with Crippen molar-refractivity contribution in [1.29, 1.82) is 0 Å². The molecule has 0 N–H and O–H groups in total. The molecule has 56 valence electrons. The minimum Gasteiger partial charge on any atom is -0.381 e. The van der Waals surface area contributed by atoms with E-state index in [1.54, 1.807) is 0 Å². The maximum Gasteiger partial charge on any atom is 0.0465 e. The van der Waals surface area contributed by atoms with Gasteiger partial charge < -0.3 is 4.74 Å². The molecule has 0 spiro atoms. The second kappa shape index (κ2) is 8.18. The Kier molecular flexibility index (Phi) is 8.34. The Balaban J connectivity index is 2.60. The van der Waals surface area contributed by atoms with Gasteiger partial charge in [0.05, 0.1) is 0 Å². The Labute approximate surface area is 61.2 Å². The summed E-state index contributed by atoms with van der Waals surface area (Å²) in [5, 5.41) is 0. The summed E-state index contributed by atoms with van der Waals surface area (Å²) in [7, 11) is 1.33. The largest absolute Gasteiger partial charge is 0.381 e. The summed E-state index contributed by atoms with van der Waals surface area (Å²) in [6, 6.07) is 1.38. The van der Waals surface area contributed by atoms with Crippen LogP contribution in [-0.4, -0.2) is 23.5 Å². The number of unbranched alkanes of at least 4 members (excludes halogenated alkanes) is 1. The molecular weight excluding hydrogens is 128 g/mol. The predicted molar refractivity (Wildman–Crippen MR) is 45.1 cm³/mol. The van der Waals surface area contributed by atoms with Crippen LogP contribution >= 0.6 is 0 Å². The average Bonchev–Trinajstić information content (AvgIpc) is 1.89. The Morgan fingerprint density at radius 3 is 2.44 bits per heavy atom. The van der Waals surface area contributed by atoms with Crippen LogP contribution < -0.4 is 0 Å². The first-order chi connectivity index (χ1) is 4.41. The van der Waals surface area contributed by atoms with Gasteiger partial charge >= 0.3 is 0 Å². The molecule has 0 fully saturated rings. The summed E-state index contributed by atoms with van der Waals surface area (Å²) in [5.41, 5.74) is 0. The highest BCUT2D eigenvalue weighted by Crippen LogP contribution is 1.90. The topological polar surface area (TPSA) is 9.23 Å². The molecule has 2 heteroatoms. The van der Waals surface area contributed by atoms with Gasteiger partial charge in [-0.15, -0.1) is 0 Å². The summed E-state index contributed by atoms with van der Waals surface area (Å²) >= 11 is 0. The zero-order valence-corrected chi connectivity index (χ0v) is 8.65. The van der Waals surface area contributed by atoms with Gasteiger partial charge in [0.25, 0.3) is 0 Å². The quantitative estimate of drug-likeness (QED) is 0.401. The standard InChI is InChI=1S/C7H18OSi/c1-2-3-5-8-6-4-7-9/h2-7H2,1,9H3. The SMILES string of the molecule is CCCCOCCC[SiH3]. The molecule has 0 aliphatic heterocycles. The van der Waals surface area contributed by atoms with Gasteiger partial charge in [-0.1, -0.05) is 19.4 Å². The van der Waals surface area contributed by atoms with Crippen molar-refractivity contribution in [2.45, 2.75) is 32.2 Å². The molecule has 0 amide bonds. The van der Waals surface area contributed by atoms with Crippen LogP contribution in [0.3, 0.4) is 0 Å². The fourth-order valence-electron chi connectivity index (χ4n) is 0.595. The highest BCUT2D eigenvalue weighted by molar-refractivity contribution is 6.08. The second-order valence-corrected chi connectivity index (χ2v) is 3.32. The highest BCUT2D eigenvalue weighted by Gasteiger charge is 1.84. The van der Waals surface area contributed by atoms with Crippen molar-refractivity contribution in [3.05, 3.63) is 0 Å². The van der Waals surface area contributed by atoms with Gasteiger partial charge in [0.2, 0.25) is 0 Å². The Morgan fingerprint density at radius 2 is 1.89 bits per heavy atom. The van der Waals surface area contributed by atoms with Gasteiger partial charge in [0.1, 0.15) is 0 Å². The van der Waals surface area contributed by atoms with Crippen molar-refractivity contribution in [2.75, 3.05) is 13.2 Å². The van der Waals surface area contributed by atoms with E-state index in [9.17, 15) is 0 Å². The molecule has 0 atom stereocenters. The van der Waals surface area contributed by atoms with Gasteiger partial charge in [0, 0.05) is 23.5 Å². The van der Waals surface area contributed by atoms with Crippen LogP contribution in [0.1, 0.15) is 26.2 Å². The monoisotopic (exact) mass is 146 g/mol. The molecule has 1 nitrogen and oxygen atoms in total. The van der Waals surface area contributed by atoms with E-state index in [1.807, 2.05) is 0 Å². The lowest BCUT2D eigenvalue weighted by atomic mass is 10.4. The number of hydrogen-bond donors (Lipinski definition) is 0. The zero-order chi connectivity index (χ0) is 6.95. The van der Waals surface area contributed by atoms with E-state index >= 15 is 0 Å². The smallest absolute Gasteiger partial charge is 0.0465 e. The maximum atomic E-state index is 5.34. The third-order valence-electron chi connectivity index (χ3n) is 1.28. The highest BCUT2D eigenvalue weighted by atomic mass is 28.1. The normalized spacial score (nSPS) is 10.3. The molecule has 0 aromatic carbocycles. The summed E-state index contributed by atoms with van der Waals surface area (Å²) in [5.74, 6) is 0. The molecule has 0 aliphatic rings. The zero-order valence-electron chi connectivity index (χ0n) is 6.65. The molecule has 0 aromatic rings. The molecule has 0 saturated carbocycles. The molecule has 0 aliphatic carbocycles. The number of hydrogen-bond acceptors (Lipinski definition) is 1.